The summed E-state index contributed by atoms with van der Waals surface area (Å²) in [6, 6.07) is 17.3. The van der Waals surface area contributed by atoms with Gasteiger partial charge in [0, 0.05) is 0 Å². The minimum Gasteiger partial charge on any atom is -0.489 e. The van der Waals surface area contributed by atoms with Crippen molar-refractivity contribution in [1.29, 1.82) is 0 Å². The van der Waals surface area contributed by atoms with Gasteiger partial charge in [0.05, 0.1) is 0 Å². The van der Waals surface area contributed by atoms with Crippen molar-refractivity contribution in [3.8, 4) is 5.75 Å². The lowest BCUT2D eigenvalue weighted by molar-refractivity contribution is 0.0405. The van der Waals surface area contributed by atoms with Crippen LogP contribution in [0.15, 0.2) is 48.5 Å². The second kappa shape index (κ2) is 6.20. The van der Waals surface area contributed by atoms with Crippen LogP contribution in [-0.4, -0.2) is 0 Å². The molecule has 1 saturated carbocycles. The van der Waals surface area contributed by atoms with Crippen molar-refractivity contribution in [3.05, 3.63) is 65.2 Å². The first-order chi connectivity index (χ1) is 12.0. The van der Waals surface area contributed by atoms with E-state index in [0.29, 0.717) is 17.4 Å². The van der Waals surface area contributed by atoms with Crippen LogP contribution in [0.2, 0.25) is 0 Å². The van der Waals surface area contributed by atoms with Crippen LogP contribution < -0.4 is 4.74 Å². The molecule has 25 heavy (non-hydrogen) atoms. The van der Waals surface area contributed by atoms with Crippen molar-refractivity contribution in [1.82, 2.24) is 0 Å². The van der Waals surface area contributed by atoms with Gasteiger partial charge in [0.15, 0.2) is 0 Å². The number of hydrogen-bond acceptors (Lipinski definition) is 1. The van der Waals surface area contributed by atoms with E-state index in [2.05, 4.69) is 63.2 Å². The SMILES string of the molecule is CC1(C)CCC[C@]2(C)c3cc(OCc4ccccc4)ccc3CC[C@@H]12. The molecule has 0 amide bonds. The van der Waals surface area contributed by atoms with Crippen LogP contribution in [0.5, 0.6) is 5.75 Å². The maximum absolute atomic E-state index is 6.13. The predicted octanol–water partition coefficient (Wildman–Crippen LogP) is 6.30. The molecule has 0 heterocycles. The number of rotatable bonds is 3. The molecule has 2 aromatic rings. The number of hydrogen-bond donors (Lipinski definition) is 0. The van der Waals surface area contributed by atoms with E-state index in [4.69, 9.17) is 4.74 Å². The van der Waals surface area contributed by atoms with Crippen LogP contribution in [0.4, 0.5) is 0 Å². The highest BCUT2D eigenvalue weighted by atomic mass is 16.5. The second-order valence-electron chi connectivity index (χ2n) is 8.94. The molecule has 0 N–H and O–H groups in total. The fourth-order valence-corrected chi connectivity index (χ4v) is 5.59. The lowest BCUT2D eigenvalue weighted by atomic mass is 9.50. The lowest BCUT2D eigenvalue weighted by Crippen LogP contribution is -2.47. The molecule has 0 spiro atoms. The van der Waals surface area contributed by atoms with E-state index in [-0.39, 0.29) is 0 Å². The summed E-state index contributed by atoms with van der Waals surface area (Å²) >= 11 is 0. The maximum atomic E-state index is 6.13. The van der Waals surface area contributed by atoms with Crippen molar-refractivity contribution >= 4 is 0 Å². The van der Waals surface area contributed by atoms with Gasteiger partial charge in [-0.15, -0.1) is 0 Å². The van der Waals surface area contributed by atoms with Crippen LogP contribution in [0.3, 0.4) is 0 Å². The number of ether oxygens (including phenoxy) is 1. The van der Waals surface area contributed by atoms with Crippen LogP contribution in [-0.2, 0) is 18.4 Å². The Balaban J connectivity index is 1.62. The molecule has 2 aliphatic rings. The fourth-order valence-electron chi connectivity index (χ4n) is 5.59. The van der Waals surface area contributed by atoms with E-state index in [9.17, 15) is 0 Å². The van der Waals surface area contributed by atoms with Gasteiger partial charge in [0.2, 0.25) is 0 Å². The molecule has 4 rings (SSSR count). The van der Waals surface area contributed by atoms with Gasteiger partial charge in [-0.2, -0.15) is 0 Å². The highest BCUT2D eigenvalue weighted by Gasteiger charge is 2.49. The minimum atomic E-state index is 0.307. The highest BCUT2D eigenvalue weighted by Crippen LogP contribution is 2.57. The monoisotopic (exact) mass is 334 g/mol. The number of fused-ring (bicyclic) bond motifs is 3. The van der Waals surface area contributed by atoms with Crippen molar-refractivity contribution in [2.24, 2.45) is 11.3 Å². The molecule has 2 aromatic carbocycles. The molecule has 1 nitrogen and oxygen atoms in total. The molecule has 0 radical (unpaired) electrons. The lowest BCUT2D eigenvalue weighted by Gasteiger charge is -2.54. The Labute approximate surface area is 152 Å². The first-order valence-electron chi connectivity index (χ1n) is 9.79. The summed E-state index contributed by atoms with van der Waals surface area (Å²) in [5.74, 6) is 1.80. The molecule has 0 aromatic heterocycles. The van der Waals surface area contributed by atoms with Gasteiger partial charge in [-0.3, -0.25) is 0 Å². The van der Waals surface area contributed by atoms with Crippen LogP contribution in [0, 0.1) is 11.3 Å². The predicted molar refractivity (Wildman–Crippen MR) is 104 cm³/mol. The van der Waals surface area contributed by atoms with Gasteiger partial charge in [0.1, 0.15) is 12.4 Å². The van der Waals surface area contributed by atoms with Gasteiger partial charge in [-0.05, 0) is 71.3 Å². The second-order valence-corrected chi connectivity index (χ2v) is 8.94. The average Bonchev–Trinajstić information content (AvgIpc) is 2.60. The van der Waals surface area contributed by atoms with Gasteiger partial charge in [0.25, 0.3) is 0 Å². The van der Waals surface area contributed by atoms with Crippen LogP contribution >= 0.6 is 0 Å². The quantitative estimate of drug-likeness (QED) is 0.640. The largest absolute Gasteiger partial charge is 0.489 e. The summed E-state index contributed by atoms with van der Waals surface area (Å²) in [5.41, 5.74) is 5.08. The summed E-state index contributed by atoms with van der Waals surface area (Å²) in [4.78, 5) is 0. The van der Waals surface area contributed by atoms with E-state index >= 15 is 0 Å². The standard InChI is InChI=1S/C24H30O/c1-23(2)14-7-15-24(3)21-16-20(12-10-19(21)11-13-22(23)24)25-17-18-8-5-4-6-9-18/h4-6,8-10,12,16,22H,7,11,13-15,17H2,1-3H3/t22-,24+/m0/s1. The zero-order valence-corrected chi connectivity index (χ0v) is 15.8. The molecular formula is C24H30O. The van der Waals surface area contributed by atoms with E-state index in [1.54, 1.807) is 11.1 Å². The fraction of sp³-hybridized carbons (Fsp3) is 0.500. The maximum Gasteiger partial charge on any atom is 0.120 e. The van der Waals surface area contributed by atoms with Gasteiger partial charge < -0.3 is 4.74 Å². The summed E-state index contributed by atoms with van der Waals surface area (Å²) < 4.78 is 6.13. The van der Waals surface area contributed by atoms with Gasteiger partial charge in [-0.25, -0.2) is 0 Å². The Morgan fingerprint density at radius 1 is 1.00 bits per heavy atom. The zero-order valence-electron chi connectivity index (χ0n) is 15.8. The third-order valence-electron chi connectivity index (χ3n) is 6.88. The van der Waals surface area contributed by atoms with E-state index < -0.39 is 0 Å². The molecule has 132 valence electrons. The molecule has 1 fully saturated rings. The zero-order chi connectivity index (χ0) is 17.5. The molecule has 0 bridgehead atoms. The topological polar surface area (TPSA) is 9.23 Å². The molecule has 1 heteroatoms. The first kappa shape index (κ1) is 16.7. The summed E-state index contributed by atoms with van der Waals surface area (Å²) in [6.07, 6.45) is 6.58. The summed E-state index contributed by atoms with van der Waals surface area (Å²) in [6.45, 7) is 8.12. The van der Waals surface area contributed by atoms with E-state index in [1.807, 2.05) is 6.07 Å². The Morgan fingerprint density at radius 2 is 1.80 bits per heavy atom. The average molecular weight is 335 g/mol. The third kappa shape index (κ3) is 2.99. The normalized spacial score (nSPS) is 27.2. The summed E-state index contributed by atoms with van der Waals surface area (Å²) in [7, 11) is 0. The Hall–Kier alpha value is -1.76. The van der Waals surface area contributed by atoms with Crippen molar-refractivity contribution in [2.75, 3.05) is 0 Å². The van der Waals surface area contributed by atoms with Crippen molar-refractivity contribution in [3.63, 3.8) is 0 Å². The van der Waals surface area contributed by atoms with E-state index in [1.165, 1.54) is 37.7 Å². The Bertz CT molecular complexity index is 746. The summed E-state index contributed by atoms with van der Waals surface area (Å²) in [5, 5.41) is 0. The minimum absolute atomic E-state index is 0.307. The number of aryl methyl sites for hydroxylation is 1. The highest BCUT2D eigenvalue weighted by molar-refractivity contribution is 5.43. The van der Waals surface area contributed by atoms with E-state index in [0.717, 1.165) is 11.7 Å². The molecular weight excluding hydrogens is 304 g/mol. The third-order valence-corrected chi connectivity index (χ3v) is 6.88. The molecule has 0 saturated heterocycles. The van der Waals surface area contributed by atoms with Gasteiger partial charge >= 0.3 is 0 Å². The number of benzene rings is 2. The molecule has 2 atom stereocenters. The molecule has 0 aliphatic heterocycles. The molecule has 2 aliphatic carbocycles. The van der Waals surface area contributed by atoms with Crippen molar-refractivity contribution < 1.29 is 4.74 Å². The Kier molecular flexibility index (Phi) is 4.14. The van der Waals surface area contributed by atoms with Crippen LogP contribution in [0.1, 0.15) is 63.1 Å². The molecule has 0 unspecified atom stereocenters. The van der Waals surface area contributed by atoms with Crippen molar-refractivity contribution in [2.45, 2.75) is 64.9 Å². The van der Waals surface area contributed by atoms with Gasteiger partial charge in [-0.1, -0.05) is 63.6 Å². The van der Waals surface area contributed by atoms with Crippen LogP contribution in [0.25, 0.3) is 0 Å². The Morgan fingerprint density at radius 3 is 2.60 bits per heavy atom. The smallest absolute Gasteiger partial charge is 0.120 e. The first-order valence-corrected chi connectivity index (χ1v) is 9.79.